The quantitative estimate of drug-likeness (QED) is 0.0657. The molecular weight excluding hydrogens is 697 g/mol. The summed E-state index contributed by atoms with van der Waals surface area (Å²) in [5.41, 5.74) is 2.04. The smallest absolute Gasteiger partial charge is 0.870 e. The molecule has 0 amide bonds. The Labute approximate surface area is 319 Å². The van der Waals surface area contributed by atoms with E-state index in [1.165, 1.54) is 61.7 Å². The first-order chi connectivity index (χ1) is 22.8. The first kappa shape index (κ1) is 42.3. The molecular formula is C36H42CaO10S2. The van der Waals surface area contributed by atoms with Crippen LogP contribution in [0.25, 0.3) is 0 Å². The van der Waals surface area contributed by atoms with E-state index in [0.29, 0.717) is 0 Å². The molecule has 4 aromatic rings. The van der Waals surface area contributed by atoms with Gasteiger partial charge in [-0.1, -0.05) is 88.5 Å². The molecule has 0 fully saturated rings. The Morgan fingerprint density at radius 2 is 1.12 bits per heavy atom. The normalized spacial score (nSPS) is 11.2. The van der Waals surface area contributed by atoms with Crippen LogP contribution in [0.4, 0.5) is 0 Å². The van der Waals surface area contributed by atoms with Crippen LogP contribution >= 0.6 is 0 Å². The number of benzene rings is 4. The molecule has 0 spiro atoms. The van der Waals surface area contributed by atoms with Crippen molar-refractivity contribution in [3.05, 3.63) is 96.1 Å². The van der Waals surface area contributed by atoms with Gasteiger partial charge in [0, 0.05) is 6.07 Å². The Morgan fingerprint density at radius 1 is 0.633 bits per heavy atom. The molecule has 0 unspecified atom stereocenters. The van der Waals surface area contributed by atoms with E-state index in [2.05, 4.69) is 13.8 Å². The predicted octanol–water partition coefficient (Wildman–Crippen LogP) is 7.75. The maximum absolute atomic E-state index is 11.9. The molecule has 4 aromatic carbocycles. The SMILES string of the molecule is CCCCCCc1ccc(O)c(Oc2cccc(S(=O)(=O)O)c2)c1.CCCCCCc1ccc([O-])c(Oc2cccc(S(=O)(=O)[O-])c2)c1.[Ca+2]. The largest absolute Gasteiger partial charge is 2.00 e. The van der Waals surface area contributed by atoms with Gasteiger partial charge in [0.25, 0.3) is 10.1 Å². The first-order valence-corrected chi connectivity index (χ1v) is 18.8. The van der Waals surface area contributed by atoms with E-state index in [0.717, 1.165) is 62.1 Å². The maximum atomic E-state index is 11.9. The number of unbranched alkanes of at least 4 members (excludes halogenated alkanes) is 6. The summed E-state index contributed by atoms with van der Waals surface area (Å²) in [6, 6.07) is 20.8. The van der Waals surface area contributed by atoms with Gasteiger partial charge in [-0.15, -0.1) is 0 Å². The minimum absolute atomic E-state index is 0. The molecule has 0 atom stereocenters. The molecule has 0 aliphatic carbocycles. The zero-order valence-corrected chi connectivity index (χ0v) is 31.7. The number of phenolic OH excluding ortho intramolecular Hbond substituents is 1. The van der Waals surface area contributed by atoms with E-state index in [4.69, 9.17) is 14.0 Å². The van der Waals surface area contributed by atoms with Crippen LogP contribution in [0.3, 0.4) is 0 Å². The van der Waals surface area contributed by atoms with Crippen molar-refractivity contribution in [3.63, 3.8) is 0 Å². The first-order valence-electron chi connectivity index (χ1n) is 15.9. The summed E-state index contributed by atoms with van der Waals surface area (Å²) in [4.78, 5) is -0.640. The Kier molecular flexibility index (Phi) is 17.9. The monoisotopic (exact) mass is 738 g/mol. The van der Waals surface area contributed by atoms with Gasteiger partial charge in [-0.2, -0.15) is 8.42 Å². The topological polar surface area (TPSA) is 173 Å². The average molecular weight is 739 g/mol. The van der Waals surface area contributed by atoms with Crippen LogP contribution in [0.2, 0.25) is 0 Å². The Hall–Kier alpha value is -2.84. The second kappa shape index (κ2) is 20.7. The molecule has 0 saturated heterocycles. The van der Waals surface area contributed by atoms with E-state index in [-0.39, 0.29) is 82.0 Å². The van der Waals surface area contributed by atoms with Gasteiger partial charge in [-0.05, 0) is 85.3 Å². The van der Waals surface area contributed by atoms with Gasteiger partial charge in [0.15, 0.2) is 11.5 Å². The average Bonchev–Trinajstić information content (AvgIpc) is 3.04. The molecule has 0 aromatic heterocycles. The van der Waals surface area contributed by atoms with Crippen molar-refractivity contribution in [3.8, 4) is 34.5 Å². The third-order valence-electron chi connectivity index (χ3n) is 7.32. The summed E-state index contributed by atoms with van der Waals surface area (Å²) in [6.45, 7) is 4.31. The fourth-order valence-electron chi connectivity index (χ4n) is 4.74. The van der Waals surface area contributed by atoms with Crippen molar-refractivity contribution in [2.75, 3.05) is 0 Å². The molecule has 0 aliphatic heterocycles. The van der Waals surface area contributed by atoms with E-state index < -0.39 is 20.2 Å². The van der Waals surface area contributed by atoms with Crippen LogP contribution < -0.4 is 14.6 Å². The molecule has 0 radical (unpaired) electrons. The number of phenols is 1. The molecule has 0 aliphatic rings. The Morgan fingerprint density at radius 3 is 1.65 bits per heavy atom. The van der Waals surface area contributed by atoms with Gasteiger partial charge in [-0.25, -0.2) is 8.42 Å². The summed E-state index contributed by atoms with van der Waals surface area (Å²) in [6.07, 6.45) is 10.8. The zero-order chi connectivity index (χ0) is 35.2. The van der Waals surface area contributed by atoms with E-state index in [9.17, 15) is 31.6 Å². The summed E-state index contributed by atoms with van der Waals surface area (Å²) >= 11 is 0. The van der Waals surface area contributed by atoms with Crippen LogP contribution in [0.15, 0.2) is 94.7 Å². The fourth-order valence-corrected chi connectivity index (χ4v) is 5.76. The second-order valence-electron chi connectivity index (χ2n) is 11.3. The molecule has 4 rings (SSSR count). The van der Waals surface area contributed by atoms with Gasteiger partial charge in [0.1, 0.15) is 27.4 Å². The molecule has 0 saturated carbocycles. The predicted molar refractivity (Wildman–Crippen MR) is 186 cm³/mol. The van der Waals surface area contributed by atoms with Crippen LogP contribution in [-0.4, -0.2) is 68.8 Å². The molecule has 10 nitrogen and oxygen atoms in total. The number of aryl methyl sites for hydroxylation is 2. The summed E-state index contributed by atoms with van der Waals surface area (Å²) in [7, 11) is -8.86. The van der Waals surface area contributed by atoms with Gasteiger partial charge in [-0.3, -0.25) is 4.55 Å². The Balaban J connectivity index is 0.000000333. The number of hydrogen-bond donors (Lipinski definition) is 2. The third kappa shape index (κ3) is 14.9. The molecule has 49 heavy (non-hydrogen) atoms. The van der Waals surface area contributed by atoms with Gasteiger partial charge in [0.05, 0.1) is 9.79 Å². The summed E-state index contributed by atoms with van der Waals surface area (Å²) in [5.74, 6) is 0.446. The summed E-state index contributed by atoms with van der Waals surface area (Å²) in [5, 5.41) is 21.9. The van der Waals surface area contributed by atoms with Crippen molar-refractivity contribution < 1.29 is 45.6 Å². The fraction of sp³-hybridized carbons (Fsp3) is 0.333. The van der Waals surface area contributed by atoms with Gasteiger partial charge < -0.3 is 24.2 Å². The van der Waals surface area contributed by atoms with Crippen molar-refractivity contribution in [2.45, 2.75) is 87.8 Å². The van der Waals surface area contributed by atoms with Crippen LogP contribution in [0.1, 0.15) is 76.3 Å². The number of ether oxygens (including phenoxy) is 2. The van der Waals surface area contributed by atoms with E-state index >= 15 is 0 Å². The number of hydrogen-bond acceptors (Lipinski definition) is 9. The molecule has 0 heterocycles. The Bertz CT molecular complexity index is 1710. The van der Waals surface area contributed by atoms with Crippen molar-refractivity contribution in [2.24, 2.45) is 0 Å². The van der Waals surface area contributed by atoms with E-state index in [1.54, 1.807) is 30.3 Å². The van der Waals surface area contributed by atoms with Crippen molar-refractivity contribution >= 4 is 58.0 Å². The second-order valence-corrected chi connectivity index (χ2v) is 14.1. The van der Waals surface area contributed by atoms with Crippen LogP contribution in [0.5, 0.6) is 34.5 Å². The zero-order valence-electron chi connectivity index (χ0n) is 27.8. The van der Waals surface area contributed by atoms with Gasteiger partial charge >= 0.3 is 37.7 Å². The van der Waals surface area contributed by atoms with Crippen LogP contribution in [0, 0.1) is 0 Å². The number of aromatic hydroxyl groups is 1. The molecule has 2 N–H and O–H groups in total. The minimum atomic E-state index is -4.56. The van der Waals surface area contributed by atoms with Crippen LogP contribution in [-0.2, 0) is 33.1 Å². The standard InChI is InChI=1S/2C18H22O5S.Ca/c2*1-2-3-4-5-7-14-10-11-17(19)18(12-14)23-15-8-6-9-16(13-15)24(20,21)22;/h2*6,8-13,19H,2-5,7H2,1H3,(H,20,21,22);/q;;+2/p-2. The maximum Gasteiger partial charge on any atom is 2.00 e. The van der Waals surface area contributed by atoms with E-state index in [1.807, 2.05) is 6.07 Å². The third-order valence-corrected chi connectivity index (χ3v) is 9.00. The summed E-state index contributed by atoms with van der Waals surface area (Å²) < 4.78 is 75.7. The molecule has 13 heteroatoms. The van der Waals surface area contributed by atoms with Crippen molar-refractivity contribution in [1.29, 1.82) is 0 Å². The minimum Gasteiger partial charge on any atom is -0.870 e. The molecule has 260 valence electrons. The van der Waals surface area contributed by atoms with Crippen molar-refractivity contribution in [1.82, 2.24) is 0 Å². The van der Waals surface area contributed by atoms with Gasteiger partial charge in [0.2, 0.25) is 0 Å². The molecule has 0 bridgehead atoms. The number of rotatable bonds is 16.